The van der Waals surface area contributed by atoms with Crippen LogP contribution in [0.4, 0.5) is 5.95 Å². The van der Waals surface area contributed by atoms with E-state index in [1.807, 2.05) is 4.57 Å². The van der Waals surface area contributed by atoms with Crippen molar-refractivity contribution < 1.29 is 0 Å². The third-order valence-electron chi connectivity index (χ3n) is 2.75. The van der Waals surface area contributed by atoms with Crippen molar-refractivity contribution in [3.63, 3.8) is 0 Å². The maximum atomic E-state index is 5.83. The summed E-state index contributed by atoms with van der Waals surface area (Å²) < 4.78 is 1.95. The second kappa shape index (κ2) is 5.73. The Bertz CT molecular complexity index is 580. The Labute approximate surface area is 128 Å². The molecule has 110 valence electrons. The number of thiazole rings is 1. The Morgan fingerprint density at radius 2 is 2.05 bits per heavy atom. The average molecular weight is 311 g/mol. The lowest BCUT2D eigenvalue weighted by atomic mass is 9.98. The van der Waals surface area contributed by atoms with Gasteiger partial charge < -0.3 is 5.73 Å². The van der Waals surface area contributed by atoms with Gasteiger partial charge in [-0.3, -0.25) is 4.57 Å². The van der Waals surface area contributed by atoms with Crippen LogP contribution in [0, 0.1) is 0 Å². The number of aromatic nitrogens is 4. The first-order chi connectivity index (χ1) is 9.29. The molecule has 0 aliphatic carbocycles. The zero-order valence-corrected chi connectivity index (χ0v) is 14.2. The van der Waals surface area contributed by atoms with Gasteiger partial charge in [0.05, 0.1) is 10.7 Å². The molecule has 0 saturated heterocycles. The molecule has 0 bridgehead atoms. The molecule has 2 rings (SSSR count). The highest BCUT2D eigenvalue weighted by atomic mass is 32.2. The molecule has 0 aliphatic rings. The lowest BCUT2D eigenvalue weighted by molar-refractivity contribution is 0.557. The van der Waals surface area contributed by atoms with E-state index in [1.54, 1.807) is 23.1 Å². The van der Waals surface area contributed by atoms with Crippen molar-refractivity contribution in [2.45, 2.75) is 57.0 Å². The van der Waals surface area contributed by atoms with Gasteiger partial charge in [0.15, 0.2) is 5.16 Å². The minimum absolute atomic E-state index is 0.107. The van der Waals surface area contributed by atoms with Gasteiger partial charge in [0.25, 0.3) is 0 Å². The molecule has 0 spiro atoms. The van der Waals surface area contributed by atoms with E-state index in [0.29, 0.717) is 5.95 Å². The van der Waals surface area contributed by atoms with E-state index in [2.05, 4.69) is 55.2 Å². The summed E-state index contributed by atoms with van der Waals surface area (Å²) in [5.74, 6) is 1.26. The smallest absolute Gasteiger partial charge is 0.222 e. The molecule has 2 heterocycles. The minimum Gasteiger partial charge on any atom is -0.368 e. The van der Waals surface area contributed by atoms with Gasteiger partial charge in [-0.1, -0.05) is 32.5 Å². The Hall–Kier alpha value is -1.08. The van der Waals surface area contributed by atoms with E-state index in [9.17, 15) is 0 Å². The van der Waals surface area contributed by atoms with Crippen LogP contribution in [0.3, 0.4) is 0 Å². The number of nitrogens with two attached hydrogens (primary N) is 1. The standard InChI is InChI=1S/C13H21N5S2/c1-8(2)18-11(14)16-17-12(18)20-7-9-6-19-10(15-9)13(3,4)5/h6,8H,7H2,1-5H3,(H2,14,16). The van der Waals surface area contributed by atoms with E-state index < -0.39 is 0 Å². The molecule has 5 nitrogen and oxygen atoms in total. The highest BCUT2D eigenvalue weighted by molar-refractivity contribution is 7.98. The first-order valence-electron chi connectivity index (χ1n) is 6.57. The van der Waals surface area contributed by atoms with Crippen molar-refractivity contribution in [2.75, 3.05) is 5.73 Å². The van der Waals surface area contributed by atoms with Gasteiger partial charge in [0.2, 0.25) is 5.95 Å². The lowest BCUT2D eigenvalue weighted by Crippen LogP contribution is -2.10. The van der Waals surface area contributed by atoms with Crippen LogP contribution in [-0.2, 0) is 11.2 Å². The summed E-state index contributed by atoms with van der Waals surface area (Å²) in [5.41, 5.74) is 7.03. The fraction of sp³-hybridized carbons (Fsp3) is 0.615. The number of rotatable bonds is 4. The van der Waals surface area contributed by atoms with Crippen LogP contribution in [0.25, 0.3) is 0 Å². The Kier molecular flexibility index (Phi) is 4.39. The fourth-order valence-corrected chi connectivity index (χ4v) is 3.71. The predicted octanol–water partition coefficient (Wildman–Crippen LogP) is 3.49. The van der Waals surface area contributed by atoms with Crippen LogP contribution in [-0.4, -0.2) is 19.7 Å². The van der Waals surface area contributed by atoms with Gasteiger partial charge in [-0.15, -0.1) is 21.5 Å². The van der Waals surface area contributed by atoms with Crippen molar-refractivity contribution in [1.29, 1.82) is 0 Å². The highest BCUT2D eigenvalue weighted by Crippen LogP contribution is 2.29. The number of hydrogen-bond acceptors (Lipinski definition) is 6. The van der Waals surface area contributed by atoms with E-state index in [4.69, 9.17) is 5.73 Å². The summed E-state index contributed by atoms with van der Waals surface area (Å²) in [7, 11) is 0. The average Bonchev–Trinajstić information content (AvgIpc) is 2.91. The van der Waals surface area contributed by atoms with Crippen molar-refractivity contribution in [2.24, 2.45) is 0 Å². The Morgan fingerprint density at radius 1 is 1.35 bits per heavy atom. The Balaban J connectivity index is 2.08. The van der Waals surface area contributed by atoms with Gasteiger partial charge in [0, 0.05) is 22.6 Å². The zero-order valence-electron chi connectivity index (χ0n) is 12.5. The molecule has 0 atom stereocenters. The normalized spacial score (nSPS) is 12.3. The molecule has 0 aliphatic heterocycles. The van der Waals surface area contributed by atoms with Crippen LogP contribution < -0.4 is 5.73 Å². The van der Waals surface area contributed by atoms with Gasteiger partial charge in [-0.25, -0.2) is 4.98 Å². The number of thioether (sulfide) groups is 1. The molecule has 0 aromatic carbocycles. The van der Waals surface area contributed by atoms with E-state index >= 15 is 0 Å². The number of hydrogen-bond donors (Lipinski definition) is 1. The highest BCUT2D eigenvalue weighted by Gasteiger charge is 2.19. The third-order valence-corrected chi connectivity index (χ3v) is 5.04. The fourth-order valence-electron chi connectivity index (χ4n) is 1.73. The maximum Gasteiger partial charge on any atom is 0.222 e. The third kappa shape index (κ3) is 3.32. The van der Waals surface area contributed by atoms with Crippen LogP contribution >= 0.6 is 23.1 Å². The molecule has 0 amide bonds. The molecule has 2 aromatic heterocycles. The molecule has 0 fully saturated rings. The van der Waals surface area contributed by atoms with Gasteiger partial charge in [-0.2, -0.15) is 0 Å². The van der Waals surface area contributed by atoms with Gasteiger partial charge in [-0.05, 0) is 13.8 Å². The number of nitrogen functional groups attached to an aromatic ring is 1. The molecule has 0 unspecified atom stereocenters. The summed E-state index contributed by atoms with van der Waals surface area (Å²) in [4.78, 5) is 4.69. The summed E-state index contributed by atoms with van der Waals surface area (Å²) in [6.07, 6.45) is 0. The van der Waals surface area contributed by atoms with E-state index in [1.165, 1.54) is 0 Å². The first kappa shape index (κ1) is 15.3. The molecule has 0 saturated carbocycles. The second-order valence-electron chi connectivity index (χ2n) is 5.99. The summed E-state index contributed by atoms with van der Waals surface area (Å²) >= 11 is 3.34. The van der Waals surface area contributed by atoms with Gasteiger partial charge in [0.1, 0.15) is 0 Å². The second-order valence-corrected chi connectivity index (χ2v) is 7.79. The SMILES string of the molecule is CC(C)n1c(N)nnc1SCc1csc(C(C)(C)C)n1. The number of nitrogens with zero attached hydrogens (tertiary/aromatic N) is 4. The quantitative estimate of drug-likeness (QED) is 0.875. The minimum atomic E-state index is 0.107. The molecule has 20 heavy (non-hydrogen) atoms. The zero-order chi connectivity index (χ0) is 14.9. The molecule has 7 heteroatoms. The van der Waals surface area contributed by atoms with Crippen LogP contribution in [0.1, 0.15) is 51.4 Å². The predicted molar refractivity (Wildman–Crippen MR) is 85.2 cm³/mol. The van der Waals surface area contributed by atoms with E-state index in [0.717, 1.165) is 21.6 Å². The van der Waals surface area contributed by atoms with Crippen molar-refractivity contribution in [1.82, 2.24) is 19.7 Å². The van der Waals surface area contributed by atoms with Gasteiger partial charge >= 0.3 is 0 Å². The Morgan fingerprint density at radius 3 is 2.60 bits per heavy atom. The van der Waals surface area contributed by atoms with Crippen LogP contribution in [0.2, 0.25) is 0 Å². The molecular weight excluding hydrogens is 290 g/mol. The van der Waals surface area contributed by atoms with E-state index in [-0.39, 0.29) is 11.5 Å². The molecule has 2 aromatic rings. The molecular formula is C13H21N5S2. The largest absolute Gasteiger partial charge is 0.368 e. The van der Waals surface area contributed by atoms with Crippen LogP contribution in [0.15, 0.2) is 10.5 Å². The maximum absolute atomic E-state index is 5.83. The topological polar surface area (TPSA) is 69.6 Å². The molecule has 2 N–H and O–H groups in total. The molecule has 0 radical (unpaired) electrons. The van der Waals surface area contributed by atoms with Crippen LogP contribution in [0.5, 0.6) is 0 Å². The first-order valence-corrected chi connectivity index (χ1v) is 8.43. The van der Waals surface area contributed by atoms with Crippen molar-refractivity contribution in [3.8, 4) is 0 Å². The lowest BCUT2D eigenvalue weighted by Gasteiger charge is -2.13. The summed E-state index contributed by atoms with van der Waals surface area (Å²) in [5, 5.41) is 12.2. The monoisotopic (exact) mass is 311 g/mol. The summed E-state index contributed by atoms with van der Waals surface area (Å²) in [6.45, 7) is 10.7. The van der Waals surface area contributed by atoms with Crippen molar-refractivity contribution in [3.05, 3.63) is 16.1 Å². The summed E-state index contributed by atoms with van der Waals surface area (Å²) in [6, 6.07) is 0.257. The number of anilines is 1. The van der Waals surface area contributed by atoms with Crippen molar-refractivity contribution >= 4 is 29.0 Å².